The first kappa shape index (κ1) is 14.0. The van der Waals surface area contributed by atoms with Crippen molar-refractivity contribution >= 4 is 11.6 Å². The van der Waals surface area contributed by atoms with E-state index in [9.17, 15) is 4.79 Å². The number of carbonyl (C=O) groups is 1. The summed E-state index contributed by atoms with van der Waals surface area (Å²) < 4.78 is 1.50. The molecule has 6 nitrogen and oxygen atoms in total. The molecule has 2 rings (SSSR count). The predicted octanol–water partition coefficient (Wildman–Crippen LogP) is 1.37. The Kier molecular flexibility index (Phi) is 4.02. The number of pyridine rings is 1. The summed E-state index contributed by atoms with van der Waals surface area (Å²) in [5.41, 5.74) is 8.42. The quantitative estimate of drug-likeness (QED) is 0.912. The van der Waals surface area contributed by atoms with Crippen molar-refractivity contribution in [2.45, 2.75) is 20.4 Å². The topological polar surface area (TPSA) is 77.0 Å². The van der Waals surface area contributed by atoms with E-state index in [1.807, 2.05) is 32.0 Å². The van der Waals surface area contributed by atoms with Crippen LogP contribution < -0.4 is 5.73 Å². The second kappa shape index (κ2) is 5.73. The highest BCUT2D eigenvalue weighted by atomic mass is 16.2. The number of amides is 1. The van der Waals surface area contributed by atoms with Crippen LogP contribution in [0.3, 0.4) is 0 Å². The highest BCUT2D eigenvalue weighted by Gasteiger charge is 2.21. The zero-order chi connectivity index (χ0) is 14.7. The second-order valence-corrected chi connectivity index (χ2v) is 4.66. The van der Waals surface area contributed by atoms with E-state index in [1.54, 1.807) is 11.9 Å². The van der Waals surface area contributed by atoms with Crippen molar-refractivity contribution in [3.63, 3.8) is 0 Å². The number of aryl methyl sites for hydroxylation is 2. The van der Waals surface area contributed by atoms with Gasteiger partial charge in [-0.15, -0.1) is 0 Å². The lowest BCUT2D eigenvalue weighted by Gasteiger charge is -2.21. The van der Waals surface area contributed by atoms with Gasteiger partial charge in [0.15, 0.2) is 0 Å². The van der Waals surface area contributed by atoms with Gasteiger partial charge in [0.25, 0.3) is 5.91 Å². The van der Waals surface area contributed by atoms with Gasteiger partial charge in [0.05, 0.1) is 24.1 Å². The third-order valence-electron chi connectivity index (χ3n) is 3.14. The molecule has 0 saturated heterocycles. The molecule has 0 aliphatic heterocycles. The number of hydrogen-bond acceptors (Lipinski definition) is 4. The molecule has 0 saturated carbocycles. The van der Waals surface area contributed by atoms with E-state index in [1.165, 1.54) is 10.9 Å². The average molecular weight is 273 g/mol. The van der Waals surface area contributed by atoms with E-state index in [0.717, 1.165) is 11.4 Å². The van der Waals surface area contributed by atoms with E-state index in [2.05, 4.69) is 10.1 Å². The molecule has 20 heavy (non-hydrogen) atoms. The first-order valence-corrected chi connectivity index (χ1v) is 6.52. The number of hydrogen-bond donors (Lipinski definition) is 1. The molecule has 6 heteroatoms. The summed E-state index contributed by atoms with van der Waals surface area (Å²) in [6.07, 6.45) is 1.49. The van der Waals surface area contributed by atoms with Crippen LogP contribution in [0.4, 0.5) is 5.69 Å². The number of nitrogens with two attached hydrogens (primary N) is 1. The summed E-state index contributed by atoms with van der Waals surface area (Å²) in [5.74, 6) is -0.131. The van der Waals surface area contributed by atoms with Gasteiger partial charge in [0, 0.05) is 19.3 Å². The Morgan fingerprint density at radius 3 is 2.75 bits per heavy atom. The third-order valence-corrected chi connectivity index (χ3v) is 3.14. The molecule has 2 aromatic heterocycles. The summed E-state index contributed by atoms with van der Waals surface area (Å²) in [4.78, 5) is 18.7. The Morgan fingerprint density at radius 1 is 1.45 bits per heavy atom. The maximum absolute atomic E-state index is 12.5. The van der Waals surface area contributed by atoms with Crippen molar-refractivity contribution in [2.24, 2.45) is 7.05 Å². The van der Waals surface area contributed by atoms with Crippen molar-refractivity contribution in [1.29, 1.82) is 0 Å². The zero-order valence-corrected chi connectivity index (χ0v) is 12.0. The second-order valence-electron chi connectivity index (χ2n) is 4.66. The molecule has 0 atom stereocenters. The van der Waals surface area contributed by atoms with Crippen molar-refractivity contribution in [1.82, 2.24) is 19.7 Å². The Bertz CT molecular complexity index is 600. The Hall–Kier alpha value is -2.37. The number of rotatable bonds is 4. The summed E-state index contributed by atoms with van der Waals surface area (Å²) in [6.45, 7) is 4.90. The van der Waals surface area contributed by atoms with Gasteiger partial charge in [-0.25, -0.2) is 0 Å². The lowest BCUT2D eigenvalue weighted by atomic mass is 10.2. The molecule has 0 aliphatic carbocycles. The number of anilines is 1. The molecule has 0 unspecified atom stereocenters. The lowest BCUT2D eigenvalue weighted by Crippen LogP contribution is -2.32. The van der Waals surface area contributed by atoms with Crippen LogP contribution in [0.1, 0.15) is 28.8 Å². The van der Waals surface area contributed by atoms with Crippen LogP contribution in [0.5, 0.6) is 0 Å². The van der Waals surface area contributed by atoms with Gasteiger partial charge in [0.2, 0.25) is 0 Å². The first-order chi connectivity index (χ1) is 9.52. The highest BCUT2D eigenvalue weighted by Crippen LogP contribution is 2.14. The third kappa shape index (κ3) is 2.79. The number of nitrogens with zero attached hydrogens (tertiary/aromatic N) is 4. The fraction of sp³-hybridized carbons (Fsp3) is 0.357. The van der Waals surface area contributed by atoms with Crippen molar-refractivity contribution < 1.29 is 4.79 Å². The average Bonchev–Trinajstić information content (AvgIpc) is 2.75. The van der Waals surface area contributed by atoms with E-state index in [-0.39, 0.29) is 5.91 Å². The van der Waals surface area contributed by atoms with Gasteiger partial charge in [0.1, 0.15) is 5.69 Å². The lowest BCUT2D eigenvalue weighted by molar-refractivity contribution is 0.0740. The van der Waals surface area contributed by atoms with E-state index in [4.69, 9.17) is 5.73 Å². The van der Waals surface area contributed by atoms with Crippen LogP contribution in [-0.4, -0.2) is 32.1 Å². The van der Waals surface area contributed by atoms with Crippen molar-refractivity contribution in [3.8, 4) is 0 Å². The summed E-state index contributed by atoms with van der Waals surface area (Å²) in [5, 5.41) is 4.00. The largest absolute Gasteiger partial charge is 0.396 e. The van der Waals surface area contributed by atoms with Crippen LogP contribution >= 0.6 is 0 Å². The standard InChI is InChI=1S/C14H19N5O/c1-4-19(9-11-7-5-6-10(2)17-11)14(20)13-12(15)8-16-18(13)3/h5-8H,4,9,15H2,1-3H3. The molecular formula is C14H19N5O. The van der Waals surface area contributed by atoms with Gasteiger partial charge in [-0.1, -0.05) is 6.07 Å². The van der Waals surface area contributed by atoms with Gasteiger partial charge in [-0.05, 0) is 26.0 Å². The highest BCUT2D eigenvalue weighted by molar-refractivity contribution is 5.97. The van der Waals surface area contributed by atoms with Gasteiger partial charge in [-0.3, -0.25) is 14.5 Å². The number of carbonyl (C=O) groups excluding carboxylic acids is 1. The summed E-state index contributed by atoms with van der Waals surface area (Å²) in [6, 6.07) is 5.78. The maximum Gasteiger partial charge on any atom is 0.274 e. The smallest absolute Gasteiger partial charge is 0.274 e. The normalized spacial score (nSPS) is 10.6. The fourth-order valence-electron chi connectivity index (χ4n) is 2.08. The van der Waals surface area contributed by atoms with Gasteiger partial charge in [-0.2, -0.15) is 5.10 Å². The van der Waals surface area contributed by atoms with Crippen molar-refractivity contribution in [3.05, 3.63) is 41.5 Å². The van der Waals surface area contributed by atoms with Gasteiger partial charge < -0.3 is 10.6 Å². The molecule has 2 N–H and O–H groups in total. The van der Waals surface area contributed by atoms with Gasteiger partial charge >= 0.3 is 0 Å². The van der Waals surface area contributed by atoms with Crippen LogP contribution in [0.15, 0.2) is 24.4 Å². The van der Waals surface area contributed by atoms with E-state index in [0.29, 0.717) is 24.5 Å². The zero-order valence-electron chi connectivity index (χ0n) is 12.0. The molecule has 106 valence electrons. The SMILES string of the molecule is CCN(Cc1cccc(C)n1)C(=O)c1c(N)cnn1C. The molecule has 0 aromatic carbocycles. The molecule has 0 spiro atoms. The molecule has 2 aromatic rings. The van der Waals surface area contributed by atoms with Crippen LogP contribution in [0.2, 0.25) is 0 Å². The molecule has 2 heterocycles. The van der Waals surface area contributed by atoms with Crippen molar-refractivity contribution in [2.75, 3.05) is 12.3 Å². The van der Waals surface area contributed by atoms with Crippen LogP contribution in [0.25, 0.3) is 0 Å². The molecular weight excluding hydrogens is 254 g/mol. The molecule has 0 fully saturated rings. The molecule has 1 amide bonds. The Morgan fingerprint density at radius 2 is 2.20 bits per heavy atom. The minimum atomic E-state index is -0.131. The van der Waals surface area contributed by atoms with E-state index < -0.39 is 0 Å². The summed E-state index contributed by atoms with van der Waals surface area (Å²) in [7, 11) is 1.71. The Balaban J connectivity index is 2.22. The monoisotopic (exact) mass is 273 g/mol. The predicted molar refractivity (Wildman–Crippen MR) is 77.0 cm³/mol. The maximum atomic E-state index is 12.5. The number of nitrogen functional groups attached to an aromatic ring is 1. The van der Waals surface area contributed by atoms with E-state index >= 15 is 0 Å². The van der Waals surface area contributed by atoms with Crippen LogP contribution in [0, 0.1) is 6.92 Å². The summed E-state index contributed by atoms with van der Waals surface area (Å²) >= 11 is 0. The number of aromatic nitrogens is 3. The first-order valence-electron chi connectivity index (χ1n) is 6.52. The Labute approximate surface area is 118 Å². The minimum Gasteiger partial charge on any atom is -0.396 e. The minimum absolute atomic E-state index is 0.131. The van der Waals surface area contributed by atoms with Crippen LogP contribution in [-0.2, 0) is 13.6 Å². The fourth-order valence-corrected chi connectivity index (χ4v) is 2.08. The molecule has 0 radical (unpaired) electrons. The molecule has 0 aliphatic rings. The molecule has 0 bridgehead atoms.